The largest absolute Gasteiger partial charge is 0.422 e. The molecule has 2 N–H and O–H groups in total. The van der Waals surface area contributed by atoms with Crippen LogP contribution in [0.2, 0.25) is 5.02 Å². The fourth-order valence-corrected chi connectivity index (χ4v) is 3.20. The van der Waals surface area contributed by atoms with E-state index in [1.165, 1.54) is 36.5 Å². The van der Waals surface area contributed by atoms with Crippen molar-refractivity contribution in [3.63, 3.8) is 0 Å². The van der Waals surface area contributed by atoms with E-state index in [2.05, 4.69) is 30.9 Å². The Morgan fingerprint density at radius 1 is 1.09 bits per heavy atom. The minimum absolute atomic E-state index is 0.0859. The first-order valence-electron chi connectivity index (χ1n) is 9.04. The number of anilines is 3. The van der Waals surface area contributed by atoms with E-state index in [1.807, 2.05) is 0 Å². The highest BCUT2D eigenvalue weighted by molar-refractivity contribution is 6.32. The molecule has 9 nitrogen and oxygen atoms in total. The van der Waals surface area contributed by atoms with E-state index in [1.54, 1.807) is 30.3 Å². The summed E-state index contributed by atoms with van der Waals surface area (Å²) in [6.07, 6.45) is -0.759. The Kier molecular flexibility index (Phi) is 5.53. The number of amides is 1. The van der Waals surface area contributed by atoms with Crippen LogP contribution in [0.1, 0.15) is 16.1 Å². The maximum Gasteiger partial charge on any atom is 0.422 e. The molecule has 0 radical (unpaired) electrons. The van der Waals surface area contributed by atoms with Gasteiger partial charge in [0, 0.05) is 12.7 Å². The van der Waals surface area contributed by atoms with Crippen molar-refractivity contribution in [2.24, 2.45) is 7.05 Å². The van der Waals surface area contributed by atoms with E-state index in [-0.39, 0.29) is 16.5 Å². The van der Waals surface area contributed by atoms with Crippen LogP contribution in [0.4, 0.5) is 30.4 Å². The number of hydrogen-bond acceptors (Lipinski definition) is 6. The molecule has 164 valence electrons. The molecule has 32 heavy (non-hydrogen) atoms. The summed E-state index contributed by atoms with van der Waals surface area (Å²) < 4.78 is 42.5. The third kappa shape index (κ3) is 4.25. The van der Waals surface area contributed by atoms with Gasteiger partial charge in [-0.1, -0.05) is 29.8 Å². The highest BCUT2D eigenvalue weighted by Gasteiger charge is 2.42. The van der Waals surface area contributed by atoms with Crippen molar-refractivity contribution in [3.8, 4) is 5.82 Å². The van der Waals surface area contributed by atoms with Gasteiger partial charge in [0.2, 0.25) is 0 Å². The van der Waals surface area contributed by atoms with Gasteiger partial charge in [-0.3, -0.25) is 9.48 Å². The summed E-state index contributed by atoms with van der Waals surface area (Å²) in [5.74, 6) is -1.33. The SMILES string of the molecule is Cn1nc(Nc2ccccc2)c(C(F)(F)F)c1C(=O)Nc1cnc(-n2nccn2)c(Cl)c1. The number of carbonyl (C=O) groups is 1. The standard InChI is InChI=1S/C19H14ClF3N8O/c1-30-15(14(19(21,22)23)16(29-30)27-11-5-3-2-4-6-11)18(32)28-12-9-13(20)17(24-10-12)31-25-7-8-26-31/h2-10H,1H3,(H,27,29)(H,28,32). The van der Waals surface area contributed by atoms with Crippen LogP contribution in [-0.4, -0.2) is 35.7 Å². The highest BCUT2D eigenvalue weighted by atomic mass is 35.5. The van der Waals surface area contributed by atoms with E-state index in [9.17, 15) is 18.0 Å². The molecule has 0 saturated heterocycles. The number of pyridine rings is 1. The molecule has 3 heterocycles. The Morgan fingerprint density at radius 3 is 2.41 bits per heavy atom. The van der Waals surface area contributed by atoms with Crippen molar-refractivity contribution in [2.45, 2.75) is 6.18 Å². The predicted molar refractivity (Wildman–Crippen MR) is 110 cm³/mol. The van der Waals surface area contributed by atoms with Gasteiger partial charge in [-0.15, -0.1) is 4.80 Å². The topological polar surface area (TPSA) is 103 Å². The molecule has 0 aliphatic rings. The van der Waals surface area contributed by atoms with E-state index in [0.717, 1.165) is 4.68 Å². The summed E-state index contributed by atoms with van der Waals surface area (Å²) in [7, 11) is 1.25. The number of para-hydroxylation sites is 1. The Balaban J connectivity index is 1.66. The van der Waals surface area contributed by atoms with Crippen LogP contribution in [-0.2, 0) is 13.2 Å². The first-order valence-corrected chi connectivity index (χ1v) is 9.41. The molecule has 0 unspecified atom stereocenters. The van der Waals surface area contributed by atoms with Crippen LogP contribution >= 0.6 is 11.6 Å². The van der Waals surface area contributed by atoms with Gasteiger partial charge in [-0.25, -0.2) is 4.98 Å². The number of nitrogens with zero attached hydrogens (tertiary/aromatic N) is 6. The van der Waals surface area contributed by atoms with Crippen LogP contribution in [0.15, 0.2) is 55.0 Å². The van der Waals surface area contributed by atoms with Crippen molar-refractivity contribution >= 4 is 34.7 Å². The summed E-state index contributed by atoms with van der Waals surface area (Å²) in [5.41, 5.74) is -1.40. The molecule has 0 fully saturated rings. The molecule has 4 aromatic rings. The van der Waals surface area contributed by atoms with E-state index in [4.69, 9.17) is 11.6 Å². The van der Waals surface area contributed by atoms with E-state index < -0.39 is 29.2 Å². The lowest BCUT2D eigenvalue weighted by Crippen LogP contribution is -2.21. The quantitative estimate of drug-likeness (QED) is 0.463. The van der Waals surface area contributed by atoms with Crippen LogP contribution in [0.3, 0.4) is 0 Å². The minimum Gasteiger partial charge on any atom is -0.338 e. The molecular formula is C19H14ClF3N8O. The van der Waals surface area contributed by atoms with Gasteiger partial charge >= 0.3 is 6.18 Å². The molecule has 0 spiro atoms. The fourth-order valence-electron chi connectivity index (χ4n) is 2.96. The molecule has 1 aromatic carbocycles. The van der Waals surface area contributed by atoms with Crippen molar-refractivity contribution < 1.29 is 18.0 Å². The second-order valence-corrected chi connectivity index (χ2v) is 6.89. The number of halogens is 4. The normalized spacial score (nSPS) is 11.4. The van der Waals surface area contributed by atoms with Gasteiger partial charge in [0.1, 0.15) is 11.3 Å². The maximum absolute atomic E-state index is 13.9. The summed E-state index contributed by atoms with van der Waals surface area (Å²) in [5, 5.41) is 16.7. The fraction of sp³-hybridized carbons (Fsp3) is 0.105. The number of nitrogens with one attached hydrogen (secondary N) is 2. The number of hydrogen-bond donors (Lipinski definition) is 2. The number of alkyl halides is 3. The van der Waals surface area contributed by atoms with Crippen molar-refractivity contribution in [1.29, 1.82) is 0 Å². The lowest BCUT2D eigenvalue weighted by Gasteiger charge is -2.12. The van der Waals surface area contributed by atoms with Gasteiger partial charge < -0.3 is 10.6 Å². The zero-order valence-electron chi connectivity index (χ0n) is 16.3. The summed E-state index contributed by atoms with van der Waals surface area (Å²) >= 11 is 6.16. The average Bonchev–Trinajstić information content (AvgIpc) is 3.36. The lowest BCUT2D eigenvalue weighted by atomic mass is 10.2. The molecule has 3 aromatic heterocycles. The number of carbonyl (C=O) groups excluding carboxylic acids is 1. The number of aromatic nitrogens is 6. The average molecular weight is 463 g/mol. The smallest absolute Gasteiger partial charge is 0.338 e. The number of benzene rings is 1. The van der Waals surface area contributed by atoms with Crippen LogP contribution < -0.4 is 10.6 Å². The predicted octanol–water partition coefficient (Wildman–Crippen LogP) is 4.06. The Bertz CT molecular complexity index is 1260. The summed E-state index contributed by atoms with van der Waals surface area (Å²) in [6.45, 7) is 0. The molecule has 0 atom stereocenters. The molecule has 1 amide bonds. The first kappa shape index (κ1) is 21.3. The second kappa shape index (κ2) is 8.30. The van der Waals surface area contributed by atoms with Gasteiger partial charge in [0.25, 0.3) is 5.91 Å². The van der Waals surface area contributed by atoms with Crippen LogP contribution in [0.5, 0.6) is 0 Å². The van der Waals surface area contributed by atoms with Crippen molar-refractivity contribution in [1.82, 2.24) is 29.8 Å². The third-order valence-corrected chi connectivity index (χ3v) is 4.55. The Morgan fingerprint density at radius 2 is 1.78 bits per heavy atom. The van der Waals surface area contributed by atoms with Gasteiger partial charge in [0.15, 0.2) is 11.6 Å². The van der Waals surface area contributed by atoms with Gasteiger partial charge in [-0.05, 0) is 18.2 Å². The minimum atomic E-state index is -4.84. The zero-order valence-corrected chi connectivity index (χ0v) is 17.1. The molecule has 0 bridgehead atoms. The van der Waals surface area contributed by atoms with Crippen LogP contribution in [0.25, 0.3) is 5.82 Å². The zero-order chi connectivity index (χ0) is 22.9. The lowest BCUT2D eigenvalue weighted by molar-refractivity contribution is -0.137. The molecular weight excluding hydrogens is 449 g/mol. The number of aryl methyl sites for hydroxylation is 1. The summed E-state index contributed by atoms with van der Waals surface area (Å²) in [6, 6.07) is 9.53. The van der Waals surface area contributed by atoms with Gasteiger partial charge in [0.05, 0.1) is 29.3 Å². The van der Waals surface area contributed by atoms with Gasteiger partial charge in [-0.2, -0.15) is 28.5 Å². The molecule has 0 aliphatic heterocycles. The Labute approximate surface area is 183 Å². The monoisotopic (exact) mass is 462 g/mol. The van der Waals surface area contributed by atoms with E-state index in [0.29, 0.717) is 5.69 Å². The molecule has 13 heteroatoms. The first-order chi connectivity index (χ1) is 15.2. The summed E-state index contributed by atoms with van der Waals surface area (Å²) in [4.78, 5) is 18.0. The van der Waals surface area contributed by atoms with Crippen molar-refractivity contribution in [3.05, 3.63) is 71.3 Å². The third-order valence-electron chi connectivity index (χ3n) is 4.27. The second-order valence-electron chi connectivity index (χ2n) is 6.49. The highest BCUT2D eigenvalue weighted by Crippen LogP contribution is 2.38. The van der Waals surface area contributed by atoms with Crippen LogP contribution in [0, 0.1) is 0 Å². The number of rotatable bonds is 5. The maximum atomic E-state index is 13.9. The van der Waals surface area contributed by atoms with Crippen molar-refractivity contribution in [2.75, 3.05) is 10.6 Å². The molecule has 0 aliphatic carbocycles. The molecule has 4 rings (SSSR count). The Hall–Kier alpha value is -3.93. The van der Waals surface area contributed by atoms with E-state index >= 15 is 0 Å². The molecule has 0 saturated carbocycles.